The summed E-state index contributed by atoms with van der Waals surface area (Å²) in [5.74, 6) is 0. The quantitative estimate of drug-likeness (QED) is 0.720. The second-order valence-corrected chi connectivity index (χ2v) is 3.88. The van der Waals surface area contributed by atoms with E-state index in [-0.39, 0.29) is 0 Å². The lowest BCUT2D eigenvalue weighted by atomic mass is 9.67. The van der Waals surface area contributed by atoms with E-state index in [1.807, 2.05) is 0 Å². The SMILES string of the molecule is NCC1(CCn2cnnn2)CCC1. The molecule has 5 heteroatoms. The molecule has 1 aliphatic rings. The number of aryl methyl sites for hydroxylation is 1. The highest BCUT2D eigenvalue weighted by atomic mass is 15.5. The normalized spacial score (nSPS) is 19.8. The van der Waals surface area contributed by atoms with Crippen molar-refractivity contribution in [3.8, 4) is 0 Å². The molecule has 1 fully saturated rings. The van der Waals surface area contributed by atoms with Crippen molar-refractivity contribution in [1.29, 1.82) is 0 Å². The van der Waals surface area contributed by atoms with Crippen molar-refractivity contribution in [2.24, 2.45) is 11.1 Å². The number of tetrazole rings is 1. The Morgan fingerprint density at radius 2 is 2.31 bits per heavy atom. The molecule has 13 heavy (non-hydrogen) atoms. The number of aromatic nitrogens is 4. The van der Waals surface area contributed by atoms with Crippen LogP contribution in [0.25, 0.3) is 0 Å². The zero-order chi connectivity index (χ0) is 9.15. The van der Waals surface area contributed by atoms with Crippen molar-refractivity contribution in [3.05, 3.63) is 6.33 Å². The molecule has 0 amide bonds. The van der Waals surface area contributed by atoms with E-state index in [0.717, 1.165) is 19.5 Å². The van der Waals surface area contributed by atoms with Gasteiger partial charge in [0, 0.05) is 6.54 Å². The summed E-state index contributed by atoms with van der Waals surface area (Å²) in [5, 5.41) is 11.0. The zero-order valence-corrected chi connectivity index (χ0v) is 7.69. The minimum absolute atomic E-state index is 0.395. The van der Waals surface area contributed by atoms with Gasteiger partial charge in [-0.25, -0.2) is 4.68 Å². The van der Waals surface area contributed by atoms with Crippen LogP contribution in [0.5, 0.6) is 0 Å². The molecule has 0 aliphatic heterocycles. The van der Waals surface area contributed by atoms with Crippen LogP contribution in [-0.4, -0.2) is 26.8 Å². The first-order valence-corrected chi connectivity index (χ1v) is 4.76. The lowest BCUT2D eigenvalue weighted by molar-refractivity contribution is 0.121. The predicted molar refractivity (Wildman–Crippen MR) is 47.8 cm³/mol. The maximum absolute atomic E-state index is 5.75. The summed E-state index contributed by atoms with van der Waals surface area (Å²) >= 11 is 0. The molecule has 0 atom stereocenters. The molecule has 0 spiro atoms. The van der Waals surface area contributed by atoms with E-state index in [4.69, 9.17) is 5.73 Å². The molecule has 1 aliphatic carbocycles. The largest absolute Gasteiger partial charge is 0.330 e. The zero-order valence-electron chi connectivity index (χ0n) is 7.69. The number of nitrogens with zero attached hydrogens (tertiary/aromatic N) is 4. The molecule has 1 saturated carbocycles. The highest BCUT2D eigenvalue weighted by Crippen LogP contribution is 2.43. The molecular weight excluding hydrogens is 166 g/mol. The fourth-order valence-corrected chi connectivity index (χ4v) is 1.87. The van der Waals surface area contributed by atoms with E-state index in [0.29, 0.717) is 5.41 Å². The molecule has 2 rings (SSSR count). The van der Waals surface area contributed by atoms with Gasteiger partial charge in [-0.2, -0.15) is 0 Å². The van der Waals surface area contributed by atoms with Gasteiger partial charge in [0.2, 0.25) is 0 Å². The standard InChI is InChI=1S/C8H15N5/c9-6-8(2-1-3-8)4-5-13-7-10-11-12-13/h7H,1-6,9H2. The van der Waals surface area contributed by atoms with Gasteiger partial charge >= 0.3 is 0 Å². The van der Waals surface area contributed by atoms with E-state index < -0.39 is 0 Å². The first-order valence-electron chi connectivity index (χ1n) is 4.76. The van der Waals surface area contributed by atoms with E-state index in [1.54, 1.807) is 11.0 Å². The third-order valence-corrected chi connectivity index (χ3v) is 3.11. The molecule has 1 aromatic rings. The minimum atomic E-state index is 0.395. The van der Waals surface area contributed by atoms with Gasteiger partial charge in [0.25, 0.3) is 0 Å². The Hall–Kier alpha value is -0.970. The van der Waals surface area contributed by atoms with Gasteiger partial charge in [0.15, 0.2) is 0 Å². The third kappa shape index (κ3) is 1.70. The Bertz CT molecular complexity index is 246. The van der Waals surface area contributed by atoms with Crippen molar-refractivity contribution in [2.45, 2.75) is 32.2 Å². The molecule has 5 nitrogen and oxygen atoms in total. The van der Waals surface area contributed by atoms with Crippen LogP contribution in [0, 0.1) is 5.41 Å². The number of rotatable bonds is 4. The fourth-order valence-electron chi connectivity index (χ4n) is 1.87. The summed E-state index contributed by atoms with van der Waals surface area (Å²) in [5.41, 5.74) is 6.14. The molecule has 2 N–H and O–H groups in total. The summed E-state index contributed by atoms with van der Waals surface area (Å²) in [6.07, 6.45) is 6.63. The van der Waals surface area contributed by atoms with Crippen LogP contribution in [0.3, 0.4) is 0 Å². The van der Waals surface area contributed by atoms with Crippen LogP contribution >= 0.6 is 0 Å². The number of hydrogen-bond acceptors (Lipinski definition) is 4. The van der Waals surface area contributed by atoms with Crippen molar-refractivity contribution in [3.63, 3.8) is 0 Å². The summed E-state index contributed by atoms with van der Waals surface area (Å²) in [4.78, 5) is 0. The molecule has 0 bridgehead atoms. The molecule has 1 heterocycles. The van der Waals surface area contributed by atoms with Crippen LogP contribution in [0.4, 0.5) is 0 Å². The fraction of sp³-hybridized carbons (Fsp3) is 0.875. The van der Waals surface area contributed by atoms with Crippen LogP contribution < -0.4 is 5.73 Å². The van der Waals surface area contributed by atoms with Crippen molar-refractivity contribution in [1.82, 2.24) is 20.2 Å². The average molecular weight is 181 g/mol. The Kier molecular flexibility index (Phi) is 2.26. The topological polar surface area (TPSA) is 69.6 Å². The maximum atomic E-state index is 5.75. The first kappa shape index (κ1) is 8.62. The molecule has 72 valence electrons. The Labute approximate surface area is 77.3 Å². The van der Waals surface area contributed by atoms with E-state index in [1.165, 1.54) is 19.3 Å². The lowest BCUT2D eigenvalue weighted by Crippen LogP contribution is -2.38. The van der Waals surface area contributed by atoms with Crippen LogP contribution in [0.15, 0.2) is 6.33 Å². The highest BCUT2D eigenvalue weighted by molar-refractivity contribution is 4.88. The van der Waals surface area contributed by atoms with Gasteiger partial charge in [0.05, 0.1) is 0 Å². The summed E-state index contributed by atoms with van der Waals surface area (Å²) < 4.78 is 1.77. The monoisotopic (exact) mass is 181 g/mol. The number of hydrogen-bond donors (Lipinski definition) is 1. The average Bonchev–Trinajstić information content (AvgIpc) is 2.56. The van der Waals surface area contributed by atoms with Crippen molar-refractivity contribution < 1.29 is 0 Å². The second kappa shape index (κ2) is 3.41. The van der Waals surface area contributed by atoms with Crippen LogP contribution in [-0.2, 0) is 6.54 Å². The van der Waals surface area contributed by atoms with Gasteiger partial charge in [-0.05, 0) is 41.6 Å². The highest BCUT2D eigenvalue weighted by Gasteiger charge is 2.34. The smallest absolute Gasteiger partial charge is 0.138 e. The molecule has 0 radical (unpaired) electrons. The van der Waals surface area contributed by atoms with Gasteiger partial charge < -0.3 is 5.73 Å². The summed E-state index contributed by atoms with van der Waals surface area (Å²) in [6.45, 7) is 1.69. The summed E-state index contributed by atoms with van der Waals surface area (Å²) in [6, 6.07) is 0. The van der Waals surface area contributed by atoms with Gasteiger partial charge in [-0.3, -0.25) is 0 Å². The van der Waals surface area contributed by atoms with E-state index in [9.17, 15) is 0 Å². The Morgan fingerprint density at radius 3 is 2.77 bits per heavy atom. The second-order valence-electron chi connectivity index (χ2n) is 3.88. The predicted octanol–water partition coefficient (Wildman–Crippen LogP) is 0.192. The van der Waals surface area contributed by atoms with Gasteiger partial charge in [-0.1, -0.05) is 6.42 Å². The van der Waals surface area contributed by atoms with Gasteiger partial charge in [0.1, 0.15) is 6.33 Å². The lowest BCUT2D eigenvalue weighted by Gasteiger charge is -2.40. The van der Waals surface area contributed by atoms with Crippen LogP contribution in [0.2, 0.25) is 0 Å². The Morgan fingerprint density at radius 1 is 1.46 bits per heavy atom. The number of nitrogens with two attached hydrogens (primary N) is 1. The summed E-state index contributed by atoms with van der Waals surface area (Å²) in [7, 11) is 0. The Balaban J connectivity index is 1.84. The van der Waals surface area contributed by atoms with Crippen LogP contribution in [0.1, 0.15) is 25.7 Å². The van der Waals surface area contributed by atoms with Crippen molar-refractivity contribution in [2.75, 3.05) is 6.54 Å². The minimum Gasteiger partial charge on any atom is -0.330 e. The third-order valence-electron chi connectivity index (χ3n) is 3.11. The van der Waals surface area contributed by atoms with Gasteiger partial charge in [-0.15, -0.1) is 5.10 Å². The molecule has 0 aromatic carbocycles. The van der Waals surface area contributed by atoms with Crippen molar-refractivity contribution >= 4 is 0 Å². The molecular formula is C8H15N5. The van der Waals surface area contributed by atoms with E-state index >= 15 is 0 Å². The molecule has 0 saturated heterocycles. The molecule has 0 unspecified atom stereocenters. The first-order chi connectivity index (χ1) is 6.35. The van der Waals surface area contributed by atoms with E-state index in [2.05, 4.69) is 15.5 Å². The molecule has 1 aromatic heterocycles. The maximum Gasteiger partial charge on any atom is 0.138 e.